The number of piperidine rings is 1. The van der Waals surface area contributed by atoms with Crippen molar-refractivity contribution in [2.45, 2.75) is 31.8 Å². The summed E-state index contributed by atoms with van der Waals surface area (Å²) in [5, 5.41) is 4.45. The zero-order valence-corrected chi connectivity index (χ0v) is 22.2. The summed E-state index contributed by atoms with van der Waals surface area (Å²) in [6.45, 7) is 7.63. The maximum absolute atomic E-state index is 12.5. The van der Waals surface area contributed by atoms with Crippen LogP contribution >= 0.6 is 0 Å². The van der Waals surface area contributed by atoms with Crippen molar-refractivity contribution in [3.05, 3.63) is 108 Å². The number of hydrogen-bond donors (Lipinski definition) is 1. The molecule has 0 radical (unpaired) electrons. The molecule has 3 aromatic rings. The van der Waals surface area contributed by atoms with Crippen molar-refractivity contribution in [1.82, 2.24) is 20.1 Å². The third kappa shape index (κ3) is 7.38. The quantitative estimate of drug-likeness (QED) is 0.430. The van der Waals surface area contributed by atoms with E-state index in [1.54, 1.807) is 0 Å². The maximum Gasteiger partial charge on any atom is 0.241 e. The Morgan fingerprint density at radius 1 is 0.711 bits per heavy atom. The molecule has 1 amide bonds. The van der Waals surface area contributed by atoms with Crippen LogP contribution in [0.4, 0.5) is 0 Å². The Labute approximate surface area is 226 Å². The van der Waals surface area contributed by atoms with Crippen molar-refractivity contribution in [2.24, 2.45) is 5.10 Å². The Morgan fingerprint density at radius 3 is 1.84 bits per heavy atom. The molecule has 38 heavy (non-hydrogen) atoms. The van der Waals surface area contributed by atoms with Crippen molar-refractivity contribution < 1.29 is 4.79 Å². The zero-order valence-electron chi connectivity index (χ0n) is 22.2. The van der Waals surface area contributed by atoms with Gasteiger partial charge in [-0.05, 0) is 16.7 Å². The average Bonchev–Trinajstić information content (AvgIpc) is 2.98. The Morgan fingerprint density at radius 2 is 1.26 bits per heavy atom. The van der Waals surface area contributed by atoms with Crippen LogP contribution in [0.5, 0.6) is 0 Å². The molecule has 3 aromatic carbocycles. The fourth-order valence-electron chi connectivity index (χ4n) is 5.51. The molecule has 6 nitrogen and oxygen atoms in total. The predicted octanol–water partition coefficient (Wildman–Crippen LogP) is 4.55. The molecule has 0 bridgehead atoms. The third-order valence-electron chi connectivity index (χ3n) is 7.68. The first-order valence-corrected chi connectivity index (χ1v) is 13.9. The SMILES string of the molecule is O=C(CCN1CCN(C(c2ccccc2)c2ccccc2)CC1)NN=C1CCN(Cc2ccccc2)CC1. The number of rotatable bonds is 9. The maximum atomic E-state index is 12.5. The summed E-state index contributed by atoms with van der Waals surface area (Å²) in [6.07, 6.45) is 2.32. The van der Waals surface area contributed by atoms with Crippen LogP contribution in [0.3, 0.4) is 0 Å². The molecule has 0 saturated carbocycles. The van der Waals surface area contributed by atoms with Gasteiger partial charge in [0.25, 0.3) is 0 Å². The molecule has 0 spiro atoms. The second-order valence-corrected chi connectivity index (χ2v) is 10.3. The molecule has 0 aliphatic carbocycles. The highest BCUT2D eigenvalue weighted by molar-refractivity contribution is 5.87. The molecule has 2 aliphatic rings. The second kappa shape index (κ2) is 13.5. The monoisotopic (exact) mass is 509 g/mol. The largest absolute Gasteiger partial charge is 0.300 e. The fraction of sp³-hybridized carbons (Fsp3) is 0.375. The number of hydrogen-bond acceptors (Lipinski definition) is 5. The lowest BCUT2D eigenvalue weighted by atomic mass is 9.96. The Hall–Kier alpha value is -3.32. The van der Waals surface area contributed by atoms with Gasteiger partial charge >= 0.3 is 0 Å². The van der Waals surface area contributed by atoms with E-state index in [1.165, 1.54) is 16.7 Å². The van der Waals surface area contributed by atoms with Crippen LogP contribution in [-0.2, 0) is 11.3 Å². The summed E-state index contributed by atoms with van der Waals surface area (Å²) in [5.74, 6) is 0.0121. The van der Waals surface area contributed by atoms with Gasteiger partial charge in [-0.25, -0.2) is 5.43 Å². The standard InChI is InChI=1S/C32H39N5O/c38-31(34-33-30-16-19-36(20-17-30)26-27-10-4-1-5-11-27)18-21-35-22-24-37(25-23-35)32(28-12-6-2-7-13-28)29-14-8-3-9-15-29/h1-15,32H,16-26H2,(H,34,38). The number of likely N-dealkylation sites (tertiary alicyclic amines) is 1. The first-order valence-electron chi connectivity index (χ1n) is 13.9. The van der Waals surface area contributed by atoms with Gasteiger partial charge in [0.15, 0.2) is 0 Å². The summed E-state index contributed by atoms with van der Waals surface area (Å²) in [6, 6.07) is 32.4. The van der Waals surface area contributed by atoms with Gasteiger partial charge < -0.3 is 4.90 Å². The fourth-order valence-corrected chi connectivity index (χ4v) is 5.51. The molecule has 1 N–H and O–H groups in total. The average molecular weight is 510 g/mol. The van der Waals surface area contributed by atoms with E-state index in [9.17, 15) is 4.79 Å². The van der Waals surface area contributed by atoms with Gasteiger partial charge in [0.1, 0.15) is 0 Å². The number of amides is 1. The van der Waals surface area contributed by atoms with Crippen molar-refractivity contribution in [3.8, 4) is 0 Å². The summed E-state index contributed by atoms with van der Waals surface area (Å²) >= 11 is 0. The van der Waals surface area contributed by atoms with E-state index in [2.05, 4.69) is 116 Å². The van der Waals surface area contributed by atoms with Crippen LogP contribution in [0.25, 0.3) is 0 Å². The molecule has 2 fully saturated rings. The lowest BCUT2D eigenvalue weighted by Gasteiger charge is -2.39. The highest BCUT2D eigenvalue weighted by atomic mass is 16.2. The Kier molecular flexibility index (Phi) is 9.32. The molecule has 5 rings (SSSR count). The number of hydrazone groups is 1. The third-order valence-corrected chi connectivity index (χ3v) is 7.68. The van der Waals surface area contributed by atoms with Crippen LogP contribution in [-0.4, -0.2) is 72.1 Å². The van der Waals surface area contributed by atoms with Crippen molar-refractivity contribution in [2.75, 3.05) is 45.8 Å². The molecule has 2 aliphatic heterocycles. The van der Waals surface area contributed by atoms with E-state index < -0.39 is 0 Å². The first kappa shape index (κ1) is 26.3. The highest BCUT2D eigenvalue weighted by Crippen LogP contribution is 2.29. The topological polar surface area (TPSA) is 51.2 Å². The van der Waals surface area contributed by atoms with Crippen molar-refractivity contribution >= 4 is 11.6 Å². The van der Waals surface area contributed by atoms with Crippen LogP contribution in [0.1, 0.15) is 42.0 Å². The van der Waals surface area contributed by atoms with Crippen LogP contribution in [0, 0.1) is 0 Å². The zero-order chi connectivity index (χ0) is 26.0. The van der Waals surface area contributed by atoms with Gasteiger partial charge in [-0.15, -0.1) is 0 Å². The summed E-state index contributed by atoms with van der Waals surface area (Å²) in [5.41, 5.74) is 7.93. The number of carbonyl (C=O) groups excluding carboxylic acids is 1. The van der Waals surface area contributed by atoms with Crippen LogP contribution < -0.4 is 5.43 Å². The second-order valence-electron chi connectivity index (χ2n) is 10.3. The molecule has 198 valence electrons. The van der Waals surface area contributed by atoms with Crippen LogP contribution in [0.2, 0.25) is 0 Å². The molecule has 0 atom stereocenters. The molecule has 2 saturated heterocycles. The smallest absolute Gasteiger partial charge is 0.241 e. The molecule has 0 aromatic heterocycles. The summed E-state index contributed by atoms with van der Waals surface area (Å²) in [4.78, 5) is 19.9. The summed E-state index contributed by atoms with van der Waals surface area (Å²) < 4.78 is 0. The van der Waals surface area contributed by atoms with Crippen molar-refractivity contribution in [1.29, 1.82) is 0 Å². The number of nitrogens with zero attached hydrogens (tertiary/aromatic N) is 4. The minimum atomic E-state index is 0.0121. The minimum Gasteiger partial charge on any atom is -0.300 e. The Bertz CT molecular complexity index is 1110. The lowest BCUT2D eigenvalue weighted by molar-refractivity contribution is -0.121. The molecule has 6 heteroatoms. The van der Waals surface area contributed by atoms with E-state index in [4.69, 9.17) is 0 Å². The number of piperazine rings is 1. The highest BCUT2D eigenvalue weighted by Gasteiger charge is 2.26. The molecule has 0 unspecified atom stereocenters. The Balaban J connectivity index is 1.04. The molecular weight excluding hydrogens is 470 g/mol. The number of nitrogens with one attached hydrogen (secondary N) is 1. The van der Waals surface area contributed by atoms with E-state index in [-0.39, 0.29) is 11.9 Å². The van der Waals surface area contributed by atoms with Gasteiger partial charge in [-0.3, -0.25) is 14.6 Å². The lowest BCUT2D eigenvalue weighted by Crippen LogP contribution is -2.48. The van der Waals surface area contributed by atoms with Crippen molar-refractivity contribution in [3.63, 3.8) is 0 Å². The van der Waals surface area contributed by atoms with Gasteiger partial charge in [0.2, 0.25) is 5.91 Å². The normalized spacial score (nSPS) is 17.4. The van der Waals surface area contributed by atoms with E-state index >= 15 is 0 Å². The predicted molar refractivity (Wildman–Crippen MR) is 154 cm³/mol. The van der Waals surface area contributed by atoms with E-state index in [0.717, 1.165) is 70.9 Å². The van der Waals surface area contributed by atoms with Gasteiger partial charge in [-0.1, -0.05) is 91.0 Å². The minimum absolute atomic E-state index is 0.0121. The first-order chi connectivity index (χ1) is 18.7. The molecular formula is C32H39N5O. The van der Waals surface area contributed by atoms with E-state index in [1.807, 2.05) is 0 Å². The van der Waals surface area contributed by atoms with E-state index in [0.29, 0.717) is 6.42 Å². The van der Waals surface area contributed by atoms with Gasteiger partial charge in [0, 0.05) is 77.3 Å². The van der Waals surface area contributed by atoms with Crippen LogP contribution in [0.15, 0.2) is 96.1 Å². The summed E-state index contributed by atoms with van der Waals surface area (Å²) in [7, 11) is 0. The number of benzene rings is 3. The number of carbonyl (C=O) groups is 1. The van der Waals surface area contributed by atoms with Gasteiger partial charge in [-0.2, -0.15) is 5.10 Å². The molecule has 2 heterocycles. The van der Waals surface area contributed by atoms with Gasteiger partial charge in [0.05, 0.1) is 6.04 Å².